The maximum Gasteiger partial charge on any atom is 0.422 e. The summed E-state index contributed by atoms with van der Waals surface area (Å²) in [5.74, 6) is -1.62. The minimum Gasteiger partial charge on any atom is -0.482 e. The molecular weight excluding hydrogens is 343 g/mol. The number of ether oxygens (including phenoxy) is 1. The van der Waals surface area contributed by atoms with Crippen LogP contribution in [0, 0.1) is 5.92 Å². The number of likely N-dealkylation sites (tertiary alicyclic amines) is 1. The van der Waals surface area contributed by atoms with Gasteiger partial charge in [0.1, 0.15) is 5.75 Å². The first-order valence-corrected chi connectivity index (χ1v) is 7.64. The topological polar surface area (TPSA) is 91.8 Å². The highest BCUT2D eigenvalue weighted by Crippen LogP contribution is 2.21. The van der Waals surface area contributed by atoms with Gasteiger partial charge in [-0.05, 0) is 18.9 Å². The average molecular weight is 361 g/mol. The van der Waals surface area contributed by atoms with E-state index >= 15 is 0 Å². The molecule has 1 atom stereocenters. The van der Waals surface area contributed by atoms with Crippen molar-refractivity contribution in [3.8, 4) is 5.75 Å². The average Bonchev–Trinajstić information content (AvgIpc) is 2.58. The predicted octanol–water partition coefficient (Wildman–Crippen LogP) is 2.03. The third-order valence-corrected chi connectivity index (χ3v) is 3.75. The van der Waals surface area contributed by atoms with Crippen LogP contribution in [0.25, 0.3) is 0 Å². The molecule has 0 spiro atoms. The number of carboxylic acid groups (broad SMARTS) is 1. The molecule has 1 fully saturated rings. The van der Waals surface area contributed by atoms with E-state index in [2.05, 4.69) is 10.3 Å². The molecule has 1 aliphatic heterocycles. The zero-order valence-corrected chi connectivity index (χ0v) is 13.3. The summed E-state index contributed by atoms with van der Waals surface area (Å²) < 4.78 is 41.5. The summed E-state index contributed by atoms with van der Waals surface area (Å²) in [5, 5.41) is 11.6. The first kappa shape index (κ1) is 18.8. The van der Waals surface area contributed by atoms with Gasteiger partial charge < -0.3 is 20.1 Å². The van der Waals surface area contributed by atoms with E-state index in [0.717, 1.165) is 6.20 Å². The number of carbonyl (C=O) groups excluding carboxylic acids is 1. The number of urea groups is 1. The van der Waals surface area contributed by atoms with Crippen LogP contribution in [0.3, 0.4) is 0 Å². The van der Waals surface area contributed by atoms with Crippen molar-refractivity contribution < 1.29 is 32.6 Å². The van der Waals surface area contributed by atoms with Gasteiger partial charge in [-0.1, -0.05) is 0 Å². The second kappa shape index (κ2) is 8.04. The van der Waals surface area contributed by atoms with Crippen molar-refractivity contribution in [3.05, 3.63) is 24.0 Å². The summed E-state index contributed by atoms with van der Waals surface area (Å²) in [6.45, 7) is -0.965. The summed E-state index contributed by atoms with van der Waals surface area (Å²) in [4.78, 5) is 28.3. The summed E-state index contributed by atoms with van der Waals surface area (Å²) in [7, 11) is 0. The number of alkyl halides is 3. The molecule has 0 radical (unpaired) electrons. The molecular formula is C15H18F3N3O4. The van der Waals surface area contributed by atoms with Gasteiger partial charge in [-0.15, -0.1) is 0 Å². The highest BCUT2D eigenvalue weighted by atomic mass is 19.4. The van der Waals surface area contributed by atoms with Crippen molar-refractivity contribution in [2.45, 2.75) is 25.6 Å². The van der Waals surface area contributed by atoms with E-state index in [0.29, 0.717) is 24.9 Å². The van der Waals surface area contributed by atoms with Gasteiger partial charge in [-0.25, -0.2) is 4.79 Å². The van der Waals surface area contributed by atoms with Crippen LogP contribution in [0.1, 0.15) is 18.4 Å². The molecule has 0 saturated carbocycles. The smallest absolute Gasteiger partial charge is 0.422 e. The normalized spacial score (nSPS) is 17.9. The number of nitrogens with one attached hydrogen (secondary N) is 1. The van der Waals surface area contributed by atoms with Gasteiger partial charge in [0, 0.05) is 31.4 Å². The zero-order chi connectivity index (χ0) is 18.4. The third kappa shape index (κ3) is 5.80. The fourth-order valence-corrected chi connectivity index (χ4v) is 2.49. The van der Waals surface area contributed by atoms with E-state index in [4.69, 9.17) is 9.84 Å². The lowest BCUT2D eigenvalue weighted by Crippen LogP contribution is -2.46. The third-order valence-electron chi connectivity index (χ3n) is 3.75. The highest BCUT2D eigenvalue weighted by molar-refractivity contribution is 5.76. The second-order valence-electron chi connectivity index (χ2n) is 5.67. The standard InChI is InChI=1S/C15H18F3N3O4/c16-15(17,18)9-25-12-7-19-4-3-10(12)6-20-14(24)21-5-1-2-11(8-21)13(22)23/h3-4,7,11H,1-2,5-6,8-9H2,(H,20,24)(H,22,23). The van der Waals surface area contributed by atoms with E-state index in [-0.39, 0.29) is 18.8 Å². The van der Waals surface area contributed by atoms with Crippen LogP contribution in [-0.4, -0.2) is 52.9 Å². The van der Waals surface area contributed by atoms with Gasteiger partial charge in [0.15, 0.2) is 6.61 Å². The molecule has 2 heterocycles. The summed E-state index contributed by atoms with van der Waals surface area (Å²) >= 11 is 0. The molecule has 2 N–H and O–H groups in total. The Bertz CT molecular complexity index is 624. The summed E-state index contributed by atoms with van der Waals surface area (Å²) in [5.41, 5.74) is 0.347. The lowest BCUT2D eigenvalue weighted by molar-refractivity contribution is -0.153. The Balaban J connectivity index is 1.92. The van der Waals surface area contributed by atoms with E-state index in [1.54, 1.807) is 0 Å². The van der Waals surface area contributed by atoms with Gasteiger partial charge in [-0.2, -0.15) is 13.2 Å². The second-order valence-corrected chi connectivity index (χ2v) is 5.67. The lowest BCUT2D eigenvalue weighted by atomic mass is 9.99. The molecule has 2 rings (SSSR count). The van der Waals surface area contributed by atoms with Gasteiger partial charge in [0.25, 0.3) is 0 Å². The van der Waals surface area contributed by atoms with Gasteiger partial charge in [0.2, 0.25) is 0 Å². The number of carbonyl (C=O) groups is 2. The van der Waals surface area contributed by atoms with Crippen molar-refractivity contribution in [3.63, 3.8) is 0 Å². The minimum atomic E-state index is -4.48. The molecule has 0 aliphatic carbocycles. The number of rotatable bonds is 5. The first-order valence-electron chi connectivity index (χ1n) is 7.64. The van der Waals surface area contributed by atoms with Crippen LogP contribution < -0.4 is 10.1 Å². The zero-order valence-electron chi connectivity index (χ0n) is 13.3. The number of amides is 2. The minimum absolute atomic E-state index is 0.0528. The number of piperidine rings is 1. The Labute approximate surface area is 141 Å². The number of nitrogens with zero attached hydrogens (tertiary/aromatic N) is 2. The maximum atomic E-state index is 12.3. The number of hydrogen-bond acceptors (Lipinski definition) is 4. The lowest BCUT2D eigenvalue weighted by Gasteiger charge is -2.30. The maximum absolute atomic E-state index is 12.3. The molecule has 1 saturated heterocycles. The van der Waals surface area contributed by atoms with Crippen LogP contribution in [0.2, 0.25) is 0 Å². The number of pyridine rings is 1. The molecule has 2 amide bonds. The fraction of sp³-hybridized carbons (Fsp3) is 0.533. The molecule has 25 heavy (non-hydrogen) atoms. The Hall–Kier alpha value is -2.52. The van der Waals surface area contributed by atoms with Crippen molar-refractivity contribution in [2.75, 3.05) is 19.7 Å². The number of aromatic nitrogens is 1. The van der Waals surface area contributed by atoms with Crippen molar-refractivity contribution >= 4 is 12.0 Å². The molecule has 0 aromatic carbocycles. The van der Waals surface area contributed by atoms with Crippen LogP contribution >= 0.6 is 0 Å². The van der Waals surface area contributed by atoms with Crippen LogP contribution in [0.15, 0.2) is 18.5 Å². The van der Waals surface area contributed by atoms with Crippen LogP contribution in [0.5, 0.6) is 5.75 Å². The molecule has 138 valence electrons. The quantitative estimate of drug-likeness (QED) is 0.837. The monoisotopic (exact) mass is 361 g/mol. The van der Waals surface area contributed by atoms with Crippen molar-refractivity contribution in [2.24, 2.45) is 5.92 Å². The Morgan fingerprint density at radius 2 is 2.20 bits per heavy atom. The molecule has 0 bridgehead atoms. The van der Waals surface area contributed by atoms with E-state index in [9.17, 15) is 22.8 Å². The van der Waals surface area contributed by atoms with Gasteiger partial charge in [0.05, 0.1) is 12.1 Å². The molecule has 1 aromatic heterocycles. The first-order chi connectivity index (χ1) is 11.8. The number of carboxylic acids is 1. The van der Waals surface area contributed by atoms with Crippen molar-refractivity contribution in [1.82, 2.24) is 15.2 Å². The highest BCUT2D eigenvalue weighted by Gasteiger charge is 2.29. The molecule has 10 heteroatoms. The van der Waals surface area contributed by atoms with E-state index in [1.807, 2.05) is 0 Å². The van der Waals surface area contributed by atoms with Crippen LogP contribution in [0.4, 0.5) is 18.0 Å². The van der Waals surface area contributed by atoms with Crippen molar-refractivity contribution in [1.29, 1.82) is 0 Å². The SMILES string of the molecule is O=C(O)C1CCCN(C(=O)NCc2ccncc2OCC(F)(F)F)C1. The number of aliphatic carboxylic acids is 1. The number of hydrogen-bond donors (Lipinski definition) is 2. The fourth-order valence-electron chi connectivity index (χ4n) is 2.49. The summed E-state index contributed by atoms with van der Waals surface area (Å²) in [6.07, 6.45) is -0.855. The summed E-state index contributed by atoms with van der Waals surface area (Å²) in [6, 6.07) is 0.979. The number of halogens is 3. The Kier molecular flexibility index (Phi) is 6.05. The van der Waals surface area contributed by atoms with Gasteiger partial charge >= 0.3 is 18.2 Å². The van der Waals surface area contributed by atoms with Gasteiger partial charge in [-0.3, -0.25) is 9.78 Å². The molecule has 1 aromatic rings. The van der Waals surface area contributed by atoms with E-state index < -0.39 is 30.7 Å². The van der Waals surface area contributed by atoms with E-state index in [1.165, 1.54) is 17.2 Å². The van der Waals surface area contributed by atoms with Crippen LogP contribution in [-0.2, 0) is 11.3 Å². The molecule has 1 aliphatic rings. The molecule has 7 nitrogen and oxygen atoms in total. The largest absolute Gasteiger partial charge is 0.482 e. The Morgan fingerprint density at radius 3 is 2.88 bits per heavy atom. The predicted molar refractivity (Wildman–Crippen MR) is 80.0 cm³/mol. The Morgan fingerprint density at radius 1 is 1.44 bits per heavy atom. The molecule has 1 unspecified atom stereocenters.